The van der Waals surface area contributed by atoms with Crippen molar-refractivity contribution in [1.29, 1.82) is 0 Å². The average Bonchev–Trinajstić information content (AvgIpc) is 3.10. The lowest BCUT2D eigenvalue weighted by Crippen LogP contribution is -2.37. The fourth-order valence-electron chi connectivity index (χ4n) is 2.57. The van der Waals surface area contributed by atoms with Crippen molar-refractivity contribution in [2.24, 2.45) is 0 Å². The summed E-state index contributed by atoms with van der Waals surface area (Å²) in [5.41, 5.74) is 1.95. The highest BCUT2D eigenvalue weighted by molar-refractivity contribution is 6.32. The molecule has 1 saturated heterocycles. The molecule has 1 aliphatic rings. The van der Waals surface area contributed by atoms with Gasteiger partial charge in [0.05, 0.1) is 35.0 Å². The number of aromatic nitrogens is 5. The van der Waals surface area contributed by atoms with Crippen LogP contribution in [0.15, 0.2) is 36.8 Å². The third kappa shape index (κ3) is 4.11. The molecule has 0 unspecified atom stereocenters. The number of halogens is 3. The quantitative estimate of drug-likeness (QED) is 0.594. The van der Waals surface area contributed by atoms with Crippen molar-refractivity contribution in [1.82, 2.24) is 25.0 Å². The minimum atomic E-state index is -2.97. The van der Waals surface area contributed by atoms with Gasteiger partial charge in [-0.2, -0.15) is 8.78 Å². The second kappa shape index (κ2) is 7.93. The van der Waals surface area contributed by atoms with E-state index in [4.69, 9.17) is 16.3 Å². The highest BCUT2D eigenvalue weighted by Crippen LogP contribution is 2.28. The first-order valence-corrected chi connectivity index (χ1v) is 8.82. The van der Waals surface area contributed by atoms with Crippen LogP contribution in [0.4, 0.5) is 14.5 Å². The molecular formula is C17H15ClF2N6O2. The number of alkyl halides is 2. The lowest BCUT2D eigenvalue weighted by molar-refractivity contribution is -0.0497. The summed E-state index contributed by atoms with van der Waals surface area (Å²) < 4.78 is 36.2. The molecule has 3 aromatic rings. The van der Waals surface area contributed by atoms with Gasteiger partial charge in [-0.25, -0.2) is 14.6 Å². The highest BCUT2D eigenvalue weighted by Gasteiger charge is 2.15. The Balaban J connectivity index is 1.40. The fraction of sp³-hybridized carbons (Fsp3) is 0.294. The van der Waals surface area contributed by atoms with E-state index < -0.39 is 6.61 Å². The Labute approximate surface area is 163 Å². The Bertz CT molecular complexity index is 949. The summed E-state index contributed by atoms with van der Waals surface area (Å²) in [6.07, 6.45) is 6.22. The van der Waals surface area contributed by atoms with Crippen molar-refractivity contribution < 1.29 is 18.3 Å². The fourth-order valence-corrected chi connectivity index (χ4v) is 2.73. The van der Waals surface area contributed by atoms with Crippen molar-refractivity contribution in [3.63, 3.8) is 0 Å². The Morgan fingerprint density at radius 2 is 1.93 bits per heavy atom. The topological polar surface area (TPSA) is 78.2 Å². The minimum absolute atomic E-state index is 0.0755. The molecule has 0 saturated carbocycles. The Kier molecular flexibility index (Phi) is 5.20. The summed E-state index contributed by atoms with van der Waals surface area (Å²) in [4.78, 5) is 10.5. The van der Waals surface area contributed by atoms with Gasteiger partial charge in [-0.05, 0) is 18.6 Å². The molecule has 0 spiro atoms. The van der Waals surface area contributed by atoms with Crippen LogP contribution >= 0.6 is 11.6 Å². The lowest BCUT2D eigenvalue weighted by atomic mass is 10.2. The Hall–Kier alpha value is -3.01. The molecule has 0 amide bonds. The van der Waals surface area contributed by atoms with Gasteiger partial charge in [-0.15, -0.1) is 5.10 Å². The molecule has 28 heavy (non-hydrogen) atoms. The van der Waals surface area contributed by atoms with Gasteiger partial charge in [-0.3, -0.25) is 0 Å². The lowest BCUT2D eigenvalue weighted by Gasteiger charge is -2.32. The van der Waals surface area contributed by atoms with E-state index in [-0.39, 0.29) is 23.4 Å². The molecule has 146 valence electrons. The molecule has 1 aliphatic heterocycles. The van der Waals surface area contributed by atoms with Gasteiger partial charge in [0.2, 0.25) is 0 Å². The van der Waals surface area contributed by atoms with E-state index in [1.165, 1.54) is 23.2 Å². The number of ether oxygens (including phenoxy) is 2. The zero-order valence-corrected chi connectivity index (χ0v) is 15.3. The summed E-state index contributed by atoms with van der Waals surface area (Å²) in [7, 11) is 0. The summed E-state index contributed by atoms with van der Waals surface area (Å²) >= 11 is 5.85. The smallest absolute Gasteiger partial charge is 0.387 e. The number of anilines is 1. The van der Waals surface area contributed by atoms with Gasteiger partial charge in [0.1, 0.15) is 18.1 Å². The first-order valence-electron chi connectivity index (χ1n) is 8.44. The standard InChI is InChI=1S/C17H15ClF2N6O2/c18-14-3-2-12(6-15(14)28-16(19)20)26-9-11(23-24-26)10-27-17-21-7-13(8-22-17)25-4-1-5-25/h2-3,6-9,16H,1,4-5,10H2. The Morgan fingerprint density at radius 1 is 1.14 bits per heavy atom. The largest absolute Gasteiger partial charge is 0.457 e. The molecule has 3 heterocycles. The van der Waals surface area contributed by atoms with E-state index in [1.807, 2.05) is 0 Å². The monoisotopic (exact) mass is 408 g/mol. The number of nitrogens with zero attached hydrogens (tertiary/aromatic N) is 6. The average molecular weight is 409 g/mol. The third-order valence-electron chi connectivity index (χ3n) is 4.12. The van der Waals surface area contributed by atoms with E-state index in [0.717, 1.165) is 18.8 Å². The SMILES string of the molecule is FC(F)Oc1cc(-n2cc(COc3ncc(N4CCC4)cn3)nn2)ccc1Cl. The van der Waals surface area contributed by atoms with Crippen molar-refractivity contribution in [2.45, 2.75) is 19.6 Å². The first kappa shape index (κ1) is 18.4. The minimum Gasteiger partial charge on any atom is -0.457 e. The van der Waals surface area contributed by atoms with Gasteiger partial charge in [-0.1, -0.05) is 16.8 Å². The predicted octanol–water partition coefficient (Wildman–Crippen LogP) is 3.10. The van der Waals surface area contributed by atoms with Gasteiger partial charge in [0.25, 0.3) is 0 Å². The van der Waals surface area contributed by atoms with Crippen LogP contribution in [0, 0.1) is 0 Å². The zero-order chi connectivity index (χ0) is 19.5. The number of benzene rings is 1. The van der Waals surface area contributed by atoms with Gasteiger partial charge in [0.15, 0.2) is 0 Å². The number of hydrogen-bond donors (Lipinski definition) is 0. The van der Waals surface area contributed by atoms with Crippen LogP contribution in [0.5, 0.6) is 11.8 Å². The summed E-state index contributed by atoms with van der Waals surface area (Å²) in [6, 6.07) is 4.64. The molecule has 0 bridgehead atoms. The van der Waals surface area contributed by atoms with E-state index in [2.05, 4.69) is 29.9 Å². The van der Waals surface area contributed by atoms with Crippen LogP contribution in [0.25, 0.3) is 5.69 Å². The van der Waals surface area contributed by atoms with Crippen LogP contribution in [-0.4, -0.2) is 44.7 Å². The van der Waals surface area contributed by atoms with E-state index in [9.17, 15) is 8.78 Å². The molecule has 8 nitrogen and oxygen atoms in total. The van der Waals surface area contributed by atoms with Crippen LogP contribution in [-0.2, 0) is 6.61 Å². The Morgan fingerprint density at radius 3 is 2.61 bits per heavy atom. The number of hydrogen-bond acceptors (Lipinski definition) is 7. The van der Waals surface area contributed by atoms with Crippen LogP contribution in [0.2, 0.25) is 5.02 Å². The van der Waals surface area contributed by atoms with Crippen molar-refractivity contribution in [3.8, 4) is 17.4 Å². The van der Waals surface area contributed by atoms with E-state index in [0.29, 0.717) is 11.4 Å². The molecule has 1 fully saturated rings. The molecule has 0 aliphatic carbocycles. The molecule has 0 N–H and O–H groups in total. The molecule has 1 aromatic carbocycles. The van der Waals surface area contributed by atoms with E-state index >= 15 is 0 Å². The summed E-state index contributed by atoms with van der Waals surface area (Å²) in [5, 5.41) is 8.02. The maximum absolute atomic E-state index is 12.4. The summed E-state index contributed by atoms with van der Waals surface area (Å²) in [6.45, 7) is -0.833. The molecular weight excluding hydrogens is 394 g/mol. The second-order valence-electron chi connectivity index (χ2n) is 6.00. The third-order valence-corrected chi connectivity index (χ3v) is 4.43. The maximum Gasteiger partial charge on any atom is 0.387 e. The van der Waals surface area contributed by atoms with Crippen molar-refractivity contribution in [3.05, 3.63) is 47.5 Å². The normalized spacial score (nSPS) is 13.5. The highest BCUT2D eigenvalue weighted by atomic mass is 35.5. The van der Waals surface area contributed by atoms with Gasteiger partial charge >= 0.3 is 12.6 Å². The molecule has 0 radical (unpaired) electrons. The second-order valence-corrected chi connectivity index (χ2v) is 6.41. The van der Waals surface area contributed by atoms with Gasteiger partial charge in [0, 0.05) is 19.2 Å². The van der Waals surface area contributed by atoms with Crippen molar-refractivity contribution >= 4 is 17.3 Å². The molecule has 0 atom stereocenters. The van der Waals surface area contributed by atoms with Crippen molar-refractivity contribution in [2.75, 3.05) is 18.0 Å². The molecule has 2 aromatic heterocycles. The van der Waals surface area contributed by atoms with Crippen LogP contribution < -0.4 is 14.4 Å². The van der Waals surface area contributed by atoms with Gasteiger partial charge < -0.3 is 14.4 Å². The predicted molar refractivity (Wildman–Crippen MR) is 96.2 cm³/mol. The summed E-state index contributed by atoms with van der Waals surface area (Å²) in [5.74, 6) is -0.141. The van der Waals surface area contributed by atoms with Crippen LogP contribution in [0.1, 0.15) is 12.1 Å². The molecule has 4 rings (SSSR count). The van der Waals surface area contributed by atoms with Crippen LogP contribution in [0.3, 0.4) is 0 Å². The first-order chi connectivity index (χ1) is 13.6. The zero-order valence-electron chi connectivity index (χ0n) is 14.5. The van der Waals surface area contributed by atoms with E-state index in [1.54, 1.807) is 24.7 Å². The number of rotatable bonds is 7. The maximum atomic E-state index is 12.4. The molecule has 11 heteroatoms.